The van der Waals surface area contributed by atoms with Crippen molar-refractivity contribution in [1.29, 1.82) is 0 Å². The fourth-order valence-corrected chi connectivity index (χ4v) is 2.27. The van der Waals surface area contributed by atoms with E-state index in [-0.39, 0.29) is 4.90 Å². The molecule has 20 heavy (non-hydrogen) atoms. The second-order valence-electron chi connectivity index (χ2n) is 4.85. The fourth-order valence-electron chi connectivity index (χ4n) is 1.60. The molecule has 2 rings (SSSR count). The molecule has 6 nitrogen and oxygen atoms in total. The molecule has 0 bridgehead atoms. The Morgan fingerprint density at radius 3 is 2.75 bits per heavy atom. The van der Waals surface area contributed by atoms with Crippen molar-refractivity contribution >= 4 is 9.84 Å². The SMILES string of the molecule is CC(C)NCc1noc(-c2cccc(S(C)(=O)=O)c2)n1. The molecule has 0 amide bonds. The molecule has 0 saturated carbocycles. The van der Waals surface area contributed by atoms with Crippen molar-refractivity contribution in [1.82, 2.24) is 15.5 Å². The first kappa shape index (κ1) is 14.7. The van der Waals surface area contributed by atoms with E-state index in [0.717, 1.165) is 6.26 Å². The number of sulfone groups is 1. The molecule has 1 aromatic carbocycles. The highest BCUT2D eigenvalue weighted by molar-refractivity contribution is 7.90. The van der Waals surface area contributed by atoms with Crippen LogP contribution in [0.4, 0.5) is 0 Å². The molecule has 1 heterocycles. The van der Waals surface area contributed by atoms with E-state index in [4.69, 9.17) is 4.52 Å². The summed E-state index contributed by atoms with van der Waals surface area (Å²) in [6.45, 7) is 4.56. The number of rotatable bonds is 5. The summed E-state index contributed by atoms with van der Waals surface area (Å²) in [5, 5.41) is 7.04. The van der Waals surface area contributed by atoms with Crippen LogP contribution in [-0.2, 0) is 16.4 Å². The summed E-state index contributed by atoms with van der Waals surface area (Å²) in [6.07, 6.45) is 1.16. The molecule has 0 aliphatic carbocycles. The second kappa shape index (κ2) is 5.72. The van der Waals surface area contributed by atoms with Gasteiger partial charge in [-0.25, -0.2) is 8.42 Å². The van der Waals surface area contributed by atoms with E-state index in [1.807, 2.05) is 13.8 Å². The Morgan fingerprint density at radius 2 is 2.10 bits per heavy atom. The van der Waals surface area contributed by atoms with E-state index < -0.39 is 9.84 Å². The van der Waals surface area contributed by atoms with E-state index >= 15 is 0 Å². The standard InChI is InChI=1S/C13H17N3O3S/c1-9(2)14-8-12-15-13(19-16-12)10-5-4-6-11(7-10)20(3,17)18/h4-7,9,14H,8H2,1-3H3. The van der Waals surface area contributed by atoms with Crippen molar-refractivity contribution in [3.63, 3.8) is 0 Å². The first-order valence-corrected chi connectivity index (χ1v) is 8.12. The van der Waals surface area contributed by atoms with E-state index in [2.05, 4.69) is 15.5 Å². The monoisotopic (exact) mass is 295 g/mol. The molecule has 7 heteroatoms. The Kier molecular flexibility index (Phi) is 4.20. The maximum absolute atomic E-state index is 11.5. The van der Waals surface area contributed by atoms with E-state index in [9.17, 15) is 8.42 Å². The molecule has 108 valence electrons. The minimum absolute atomic E-state index is 0.232. The number of nitrogens with one attached hydrogen (secondary N) is 1. The summed E-state index contributed by atoms with van der Waals surface area (Å²) in [6, 6.07) is 6.79. The lowest BCUT2D eigenvalue weighted by Gasteiger charge is -2.03. The molecule has 0 atom stereocenters. The van der Waals surface area contributed by atoms with Crippen molar-refractivity contribution in [2.45, 2.75) is 31.3 Å². The number of hydrogen-bond donors (Lipinski definition) is 1. The Labute approximate surface area is 118 Å². The van der Waals surface area contributed by atoms with Gasteiger partial charge in [0.15, 0.2) is 15.7 Å². The Morgan fingerprint density at radius 1 is 1.35 bits per heavy atom. The van der Waals surface area contributed by atoms with Crippen LogP contribution >= 0.6 is 0 Å². The van der Waals surface area contributed by atoms with Gasteiger partial charge in [-0.1, -0.05) is 25.1 Å². The highest BCUT2D eigenvalue weighted by Crippen LogP contribution is 2.20. The third-order valence-electron chi connectivity index (χ3n) is 2.65. The molecule has 1 N–H and O–H groups in total. The largest absolute Gasteiger partial charge is 0.334 e. The van der Waals surface area contributed by atoms with Gasteiger partial charge in [0.05, 0.1) is 11.4 Å². The predicted octanol–water partition coefficient (Wildman–Crippen LogP) is 1.64. The van der Waals surface area contributed by atoms with Gasteiger partial charge in [0, 0.05) is 17.9 Å². The second-order valence-corrected chi connectivity index (χ2v) is 6.87. The van der Waals surface area contributed by atoms with Crippen LogP contribution in [0.1, 0.15) is 19.7 Å². The smallest absolute Gasteiger partial charge is 0.258 e. The number of hydrogen-bond acceptors (Lipinski definition) is 6. The minimum atomic E-state index is -3.25. The zero-order chi connectivity index (χ0) is 14.8. The van der Waals surface area contributed by atoms with Crippen LogP contribution in [0.25, 0.3) is 11.5 Å². The Hall–Kier alpha value is -1.73. The zero-order valence-electron chi connectivity index (χ0n) is 11.6. The molecule has 0 aliphatic heterocycles. The van der Waals surface area contributed by atoms with Crippen molar-refractivity contribution in [2.24, 2.45) is 0 Å². The maximum atomic E-state index is 11.5. The van der Waals surface area contributed by atoms with Crippen LogP contribution in [0.3, 0.4) is 0 Å². The summed E-state index contributed by atoms with van der Waals surface area (Å²) in [4.78, 5) is 4.47. The van der Waals surface area contributed by atoms with Gasteiger partial charge < -0.3 is 9.84 Å². The molecule has 0 aliphatic rings. The summed E-state index contributed by atoms with van der Waals surface area (Å²) in [5.74, 6) is 0.856. The van der Waals surface area contributed by atoms with Crippen LogP contribution in [0, 0.1) is 0 Å². The lowest BCUT2D eigenvalue weighted by Crippen LogP contribution is -2.22. The van der Waals surface area contributed by atoms with Gasteiger partial charge in [-0.15, -0.1) is 0 Å². The Balaban J connectivity index is 2.24. The topological polar surface area (TPSA) is 85.1 Å². The van der Waals surface area contributed by atoms with Gasteiger partial charge >= 0.3 is 0 Å². The molecule has 0 fully saturated rings. The van der Waals surface area contributed by atoms with E-state index in [1.165, 1.54) is 12.1 Å². The summed E-state index contributed by atoms with van der Waals surface area (Å²) >= 11 is 0. The highest BCUT2D eigenvalue weighted by Gasteiger charge is 2.12. The summed E-state index contributed by atoms with van der Waals surface area (Å²) in [5.41, 5.74) is 0.594. The minimum Gasteiger partial charge on any atom is -0.334 e. The first-order valence-electron chi connectivity index (χ1n) is 6.23. The van der Waals surface area contributed by atoms with Crippen LogP contribution < -0.4 is 5.32 Å². The van der Waals surface area contributed by atoms with Crippen LogP contribution in [0.15, 0.2) is 33.7 Å². The van der Waals surface area contributed by atoms with Crippen molar-refractivity contribution < 1.29 is 12.9 Å². The summed E-state index contributed by atoms with van der Waals surface area (Å²) in [7, 11) is -3.25. The quantitative estimate of drug-likeness (QED) is 0.902. The summed E-state index contributed by atoms with van der Waals surface area (Å²) < 4.78 is 28.2. The third kappa shape index (κ3) is 3.64. The van der Waals surface area contributed by atoms with Gasteiger partial charge in [0.25, 0.3) is 5.89 Å². The van der Waals surface area contributed by atoms with Gasteiger partial charge in [-0.2, -0.15) is 4.98 Å². The average Bonchev–Trinajstić information content (AvgIpc) is 2.84. The van der Waals surface area contributed by atoms with Crippen molar-refractivity contribution in [2.75, 3.05) is 6.26 Å². The Bertz CT molecular complexity index is 692. The van der Waals surface area contributed by atoms with Crippen LogP contribution in [0.5, 0.6) is 0 Å². The number of benzene rings is 1. The maximum Gasteiger partial charge on any atom is 0.258 e. The molecule has 0 spiro atoms. The first-order chi connectivity index (χ1) is 9.36. The average molecular weight is 295 g/mol. The molecule has 0 saturated heterocycles. The molecule has 1 aromatic heterocycles. The predicted molar refractivity (Wildman–Crippen MR) is 74.8 cm³/mol. The van der Waals surface area contributed by atoms with Crippen molar-refractivity contribution in [3.8, 4) is 11.5 Å². The van der Waals surface area contributed by atoms with E-state index in [1.54, 1.807) is 12.1 Å². The molecule has 0 radical (unpaired) electrons. The normalized spacial score (nSPS) is 12.0. The molecular weight excluding hydrogens is 278 g/mol. The molecule has 2 aromatic rings. The number of nitrogens with zero attached hydrogens (tertiary/aromatic N) is 2. The van der Waals surface area contributed by atoms with E-state index in [0.29, 0.717) is 29.9 Å². The molecular formula is C13H17N3O3S. The lowest BCUT2D eigenvalue weighted by atomic mass is 10.2. The fraction of sp³-hybridized carbons (Fsp3) is 0.385. The van der Waals surface area contributed by atoms with Crippen LogP contribution in [-0.4, -0.2) is 30.9 Å². The number of aromatic nitrogens is 2. The third-order valence-corrected chi connectivity index (χ3v) is 3.76. The van der Waals surface area contributed by atoms with Crippen molar-refractivity contribution in [3.05, 3.63) is 30.1 Å². The van der Waals surface area contributed by atoms with Gasteiger partial charge in [-0.05, 0) is 18.2 Å². The highest BCUT2D eigenvalue weighted by atomic mass is 32.2. The van der Waals surface area contributed by atoms with Gasteiger partial charge in [0.2, 0.25) is 0 Å². The zero-order valence-corrected chi connectivity index (χ0v) is 12.4. The molecule has 0 unspecified atom stereocenters. The van der Waals surface area contributed by atoms with Gasteiger partial charge in [-0.3, -0.25) is 0 Å². The van der Waals surface area contributed by atoms with Gasteiger partial charge in [0.1, 0.15) is 0 Å². The van der Waals surface area contributed by atoms with Crippen LogP contribution in [0.2, 0.25) is 0 Å². The lowest BCUT2D eigenvalue weighted by molar-refractivity contribution is 0.417.